The van der Waals surface area contributed by atoms with Crippen molar-refractivity contribution >= 4 is 23.0 Å². The van der Waals surface area contributed by atoms with Gasteiger partial charge >= 0.3 is 5.97 Å². The molecule has 0 amide bonds. The number of benzene rings is 2. The fourth-order valence-electron chi connectivity index (χ4n) is 2.06. The third-order valence-electron chi connectivity index (χ3n) is 3.32. The van der Waals surface area contributed by atoms with Crippen LogP contribution in [0.4, 0.5) is 17.1 Å². The number of carboxylic acids is 1. The van der Waals surface area contributed by atoms with Gasteiger partial charge in [0.15, 0.2) is 0 Å². The van der Waals surface area contributed by atoms with Gasteiger partial charge < -0.3 is 16.2 Å². The van der Waals surface area contributed by atoms with Crippen molar-refractivity contribution in [3.05, 3.63) is 53.6 Å². The quantitative estimate of drug-likeness (QED) is 0.744. The van der Waals surface area contributed by atoms with Crippen LogP contribution in [0.1, 0.15) is 36.7 Å². The smallest absolute Gasteiger partial charge is 0.337 e. The zero-order valence-electron chi connectivity index (χ0n) is 12.5. The molecule has 0 aliphatic rings. The summed E-state index contributed by atoms with van der Waals surface area (Å²) in [5, 5.41) is 12.2. The molecule has 0 saturated carbocycles. The molecule has 21 heavy (non-hydrogen) atoms. The molecule has 0 bridgehead atoms. The van der Waals surface area contributed by atoms with Gasteiger partial charge in [-0.1, -0.05) is 32.9 Å². The van der Waals surface area contributed by atoms with Crippen LogP contribution >= 0.6 is 0 Å². The summed E-state index contributed by atoms with van der Waals surface area (Å²) in [6.45, 7) is 6.50. The molecule has 0 radical (unpaired) electrons. The van der Waals surface area contributed by atoms with E-state index < -0.39 is 5.97 Å². The Hall–Kier alpha value is -2.49. The highest BCUT2D eigenvalue weighted by Gasteiger charge is 2.13. The van der Waals surface area contributed by atoms with Gasteiger partial charge in [-0.25, -0.2) is 4.79 Å². The molecular formula is C17H20N2O2. The van der Waals surface area contributed by atoms with Crippen molar-refractivity contribution in [2.24, 2.45) is 0 Å². The number of nitrogen functional groups attached to an aromatic ring is 1. The fourth-order valence-corrected chi connectivity index (χ4v) is 2.06. The lowest BCUT2D eigenvalue weighted by molar-refractivity contribution is 0.0698. The highest BCUT2D eigenvalue weighted by Crippen LogP contribution is 2.26. The van der Waals surface area contributed by atoms with Crippen LogP contribution in [-0.2, 0) is 5.41 Å². The molecule has 110 valence electrons. The topological polar surface area (TPSA) is 75.3 Å². The Kier molecular flexibility index (Phi) is 3.89. The number of aromatic carboxylic acids is 1. The summed E-state index contributed by atoms with van der Waals surface area (Å²) in [4.78, 5) is 10.9. The van der Waals surface area contributed by atoms with E-state index in [1.54, 1.807) is 12.1 Å². The third kappa shape index (κ3) is 3.54. The van der Waals surface area contributed by atoms with Gasteiger partial charge in [0, 0.05) is 17.1 Å². The molecule has 0 unspecified atom stereocenters. The van der Waals surface area contributed by atoms with E-state index in [1.165, 1.54) is 11.6 Å². The lowest BCUT2D eigenvalue weighted by atomic mass is 9.87. The number of hydrogen-bond donors (Lipinski definition) is 3. The summed E-state index contributed by atoms with van der Waals surface area (Å²) in [5.74, 6) is -1.02. The summed E-state index contributed by atoms with van der Waals surface area (Å²) in [5.41, 5.74) is 9.18. The monoisotopic (exact) mass is 284 g/mol. The SMILES string of the molecule is CC(C)(C)c1ccc(Nc2ccc(C(=O)O)c(N)c2)cc1. The summed E-state index contributed by atoms with van der Waals surface area (Å²) in [6, 6.07) is 13.0. The molecule has 0 aliphatic carbocycles. The molecule has 0 fully saturated rings. The first-order valence-electron chi connectivity index (χ1n) is 6.78. The van der Waals surface area contributed by atoms with Crippen LogP contribution in [0, 0.1) is 0 Å². The standard InChI is InChI=1S/C17H20N2O2/c1-17(2,3)11-4-6-12(7-5-11)19-13-8-9-14(16(20)21)15(18)10-13/h4-10,19H,18H2,1-3H3,(H,20,21). The van der Waals surface area contributed by atoms with Crippen molar-refractivity contribution in [3.8, 4) is 0 Å². The second-order valence-corrected chi connectivity index (χ2v) is 6.06. The van der Waals surface area contributed by atoms with E-state index in [-0.39, 0.29) is 16.7 Å². The Balaban J connectivity index is 2.19. The maximum absolute atomic E-state index is 10.9. The molecule has 0 aliphatic heterocycles. The van der Waals surface area contributed by atoms with Crippen LogP contribution in [0.2, 0.25) is 0 Å². The summed E-state index contributed by atoms with van der Waals surface area (Å²) in [6.07, 6.45) is 0. The van der Waals surface area contributed by atoms with Crippen molar-refractivity contribution in [2.75, 3.05) is 11.1 Å². The molecule has 4 heteroatoms. The van der Waals surface area contributed by atoms with Gasteiger partial charge in [0.2, 0.25) is 0 Å². The third-order valence-corrected chi connectivity index (χ3v) is 3.32. The van der Waals surface area contributed by atoms with Gasteiger partial charge in [-0.3, -0.25) is 0 Å². The largest absolute Gasteiger partial charge is 0.478 e. The molecule has 0 heterocycles. The Morgan fingerprint density at radius 1 is 1.05 bits per heavy atom. The van der Waals surface area contributed by atoms with Crippen LogP contribution in [0.5, 0.6) is 0 Å². The first kappa shape index (κ1) is 14.9. The first-order chi connectivity index (χ1) is 9.77. The minimum atomic E-state index is -1.02. The Bertz CT molecular complexity index is 655. The van der Waals surface area contributed by atoms with Gasteiger partial charge in [0.25, 0.3) is 0 Å². The van der Waals surface area contributed by atoms with Gasteiger partial charge in [0.05, 0.1) is 5.56 Å². The zero-order chi connectivity index (χ0) is 15.6. The molecule has 4 nitrogen and oxygen atoms in total. The lowest BCUT2D eigenvalue weighted by Gasteiger charge is -2.19. The number of hydrogen-bond acceptors (Lipinski definition) is 3. The second kappa shape index (κ2) is 5.48. The predicted molar refractivity (Wildman–Crippen MR) is 86.2 cm³/mol. The van der Waals surface area contributed by atoms with E-state index in [9.17, 15) is 4.79 Å². The zero-order valence-corrected chi connectivity index (χ0v) is 12.5. The Morgan fingerprint density at radius 3 is 2.10 bits per heavy atom. The number of anilines is 3. The number of rotatable bonds is 3. The number of carboxylic acid groups (broad SMARTS) is 1. The van der Waals surface area contributed by atoms with Gasteiger partial charge in [-0.2, -0.15) is 0 Å². The van der Waals surface area contributed by atoms with E-state index >= 15 is 0 Å². The highest BCUT2D eigenvalue weighted by molar-refractivity contribution is 5.94. The average molecular weight is 284 g/mol. The summed E-state index contributed by atoms with van der Waals surface area (Å²) < 4.78 is 0. The first-order valence-corrected chi connectivity index (χ1v) is 6.78. The van der Waals surface area contributed by atoms with Crippen molar-refractivity contribution in [3.63, 3.8) is 0 Å². The van der Waals surface area contributed by atoms with Crippen LogP contribution in [0.3, 0.4) is 0 Å². The molecule has 4 N–H and O–H groups in total. The molecular weight excluding hydrogens is 264 g/mol. The number of carbonyl (C=O) groups is 1. The van der Waals surface area contributed by atoms with E-state index in [2.05, 4.69) is 38.2 Å². The Morgan fingerprint density at radius 2 is 1.62 bits per heavy atom. The fraction of sp³-hybridized carbons (Fsp3) is 0.235. The second-order valence-electron chi connectivity index (χ2n) is 6.06. The average Bonchev–Trinajstić information content (AvgIpc) is 2.38. The normalized spacial score (nSPS) is 11.2. The molecule has 2 aromatic rings. The number of nitrogens with one attached hydrogen (secondary N) is 1. The van der Waals surface area contributed by atoms with Crippen LogP contribution < -0.4 is 11.1 Å². The molecule has 2 rings (SSSR count). The predicted octanol–water partition coefficient (Wildman–Crippen LogP) is 4.01. The highest BCUT2D eigenvalue weighted by atomic mass is 16.4. The van der Waals surface area contributed by atoms with Crippen molar-refractivity contribution in [1.82, 2.24) is 0 Å². The molecule has 0 atom stereocenters. The van der Waals surface area contributed by atoms with Crippen LogP contribution in [-0.4, -0.2) is 11.1 Å². The molecule has 0 spiro atoms. The van der Waals surface area contributed by atoms with Gasteiger partial charge in [0.1, 0.15) is 0 Å². The van der Waals surface area contributed by atoms with E-state index in [0.29, 0.717) is 0 Å². The summed E-state index contributed by atoms with van der Waals surface area (Å²) >= 11 is 0. The maximum atomic E-state index is 10.9. The van der Waals surface area contributed by atoms with Crippen molar-refractivity contribution < 1.29 is 9.90 Å². The van der Waals surface area contributed by atoms with Gasteiger partial charge in [-0.05, 0) is 41.3 Å². The molecule has 2 aromatic carbocycles. The van der Waals surface area contributed by atoms with E-state index in [1.807, 2.05) is 12.1 Å². The summed E-state index contributed by atoms with van der Waals surface area (Å²) in [7, 11) is 0. The van der Waals surface area contributed by atoms with Crippen LogP contribution in [0.15, 0.2) is 42.5 Å². The maximum Gasteiger partial charge on any atom is 0.337 e. The minimum absolute atomic E-state index is 0.114. The van der Waals surface area contributed by atoms with Crippen molar-refractivity contribution in [2.45, 2.75) is 26.2 Å². The lowest BCUT2D eigenvalue weighted by Crippen LogP contribution is -2.10. The Labute approximate surface area is 124 Å². The van der Waals surface area contributed by atoms with Gasteiger partial charge in [-0.15, -0.1) is 0 Å². The van der Waals surface area contributed by atoms with E-state index in [0.717, 1.165) is 11.4 Å². The minimum Gasteiger partial charge on any atom is -0.478 e. The molecule has 0 aromatic heterocycles. The van der Waals surface area contributed by atoms with Crippen LogP contribution in [0.25, 0.3) is 0 Å². The van der Waals surface area contributed by atoms with E-state index in [4.69, 9.17) is 10.8 Å². The molecule has 0 saturated heterocycles. The van der Waals surface area contributed by atoms with Crippen molar-refractivity contribution in [1.29, 1.82) is 0 Å². The number of nitrogens with two attached hydrogens (primary N) is 1.